The number of hydrogen-bond acceptors (Lipinski definition) is 11. The molecule has 0 radical (unpaired) electrons. The Morgan fingerprint density at radius 1 is 1.12 bits per heavy atom. The minimum atomic E-state index is -1.26. The molecule has 11 heteroatoms. The first kappa shape index (κ1) is 38.8. The average Bonchev–Trinajstić information content (AvgIpc) is 3.90. The van der Waals surface area contributed by atoms with Crippen molar-refractivity contribution in [2.75, 3.05) is 26.8 Å². The monoisotopic (exact) mass is 774 g/mol. The quantitative estimate of drug-likeness (QED) is 0.189. The summed E-state index contributed by atoms with van der Waals surface area (Å²) < 4.78 is 24.6. The summed E-state index contributed by atoms with van der Waals surface area (Å²) in [5, 5.41) is 29.0. The van der Waals surface area contributed by atoms with Crippen molar-refractivity contribution >= 4 is 29.7 Å². The van der Waals surface area contributed by atoms with Crippen LogP contribution in [0, 0.1) is 5.92 Å². The van der Waals surface area contributed by atoms with Gasteiger partial charge in [-0.15, -0.1) is 0 Å². The van der Waals surface area contributed by atoms with E-state index in [1.165, 1.54) is 12.7 Å². The summed E-state index contributed by atoms with van der Waals surface area (Å²) >= 11 is 0. The number of methoxy groups -OCH3 is 1. The van der Waals surface area contributed by atoms with Gasteiger partial charge in [-0.1, -0.05) is 48.0 Å². The molecule has 2 fully saturated rings. The maximum Gasteiger partial charge on any atom is 0.375 e. The summed E-state index contributed by atoms with van der Waals surface area (Å²) in [7, 11) is 1.52. The van der Waals surface area contributed by atoms with Crippen LogP contribution in [0.5, 0.6) is 17.2 Å². The van der Waals surface area contributed by atoms with Gasteiger partial charge >= 0.3 is 5.97 Å². The number of nitrogens with zero attached hydrogens (tertiary/aromatic N) is 1. The molecule has 5 aliphatic rings. The number of aldehydes is 1. The Morgan fingerprint density at radius 2 is 1.95 bits per heavy atom. The SMILES string of the molecule is CCOC(=O)C1=C(C=O)C(=C2CCC(=O)C(c3ccc4c(c3)=CCN=4)C2)c2c(OC)c3c(c(CO)c2O1)OC(C(C)(O)C1CCNC(CCc2ccccc2)C1)C3. The third-order valence-corrected chi connectivity index (χ3v) is 12.6. The van der Waals surface area contributed by atoms with Gasteiger partial charge in [0.1, 0.15) is 34.7 Å². The van der Waals surface area contributed by atoms with Gasteiger partial charge in [0.15, 0.2) is 6.29 Å². The lowest BCUT2D eigenvalue weighted by molar-refractivity contribution is -0.141. The van der Waals surface area contributed by atoms with Crippen molar-refractivity contribution in [3.63, 3.8) is 0 Å². The van der Waals surface area contributed by atoms with Crippen LogP contribution in [0.2, 0.25) is 0 Å². The number of benzene rings is 3. The Morgan fingerprint density at radius 3 is 2.70 bits per heavy atom. The van der Waals surface area contributed by atoms with Gasteiger partial charge in [-0.05, 0) is 93.3 Å². The molecule has 4 aliphatic heterocycles. The van der Waals surface area contributed by atoms with Crippen LogP contribution >= 0.6 is 0 Å². The number of fused-ring (bicyclic) bond motifs is 3. The second-order valence-electron chi connectivity index (χ2n) is 15.9. The Balaban J connectivity index is 1.19. The summed E-state index contributed by atoms with van der Waals surface area (Å²) in [6, 6.07) is 16.5. The third-order valence-electron chi connectivity index (χ3n) is 12.6. The second-order valence-corrected chi connectivity index (χ2v) is 15.9. The average molecular weight is 775 g/mol. The van der Waals surface area contributed by atoms with E-state index in [0.717, 1.165) is 53.9 Å². The highest BCUT2D eigenvalue weighted by molar-refractivity contribution is 6.11. The van der Waals surface area contributed by atoms with E-state index in [9.17, 15) is 24.6 Å². The maximum atomic E-state index is 13.6. The summed E-state index contributed by atoms with van der Waals surface area (Å²) in [6.07, 6.45) is 6.47. The van der Waals surface area contributed by atoms with Gasteiger partial charge in [-0.3, -0.25) is 14.6 Å². The summed E-state index contributed by atoms with van der Waals surface area (Å²) in [5.74, 6) is -0.810. The van der Waals surface area contributed by atoms with Gasteiger partial charge in [0.05, 0.1) is 48.9 Å². The van der Waals surface area contributed by atoms with Crippen molar-refractivity contribution in [3.05, 3.63) is 104 Å². The van der Waals surface area contributed by atoms with Crippen LogP contribution < -0.4 is 30.1 Å². The van der Waals surface area contributed by atoms with Crippen molar-refractivity contribution in [1.29, 1.82) is 0 Å². The number of allylic oxidation sites excluding steroid dienone is 3. The molecular weight excluding hydrogens is 725 g/mol. The van der Waals surface area contributed by atoms with Gasteiger partial charge in [0.25, 0.3) is 0 Å². The number of nitrogens with one attached hydrogen (secondary N) is 1. The van der Waals surface area contributed by atoms with Crippen molar-refractivity contribution in [1.82, 2.24) is 5.32 Å². The summed E-state index contributed by atoms with van der Waals surface area (Å²) in [5.41, 5.74) is 3.39. The van der Waals surface area contributed by atoms with E-state index in [1.54, 1.807) is 6.92 Å². The molecule has 298 valence electrons. The van der Waals surface area contributed by atoms with Gasteiger partial charge in [-0.2, -0.15) is 0 Å². The van der Waals surface area contributed by atoms with Crippen LogP contribution in [0.25, 0.3) is 11.6 Å². The van der Waals surface area contributed by atoms with E-state index in [4.69, 9.17) is 18.9 Å². The standard InChI is InChI=1S/C46H50N2O9/c1-4-55-45(52)44-34(24-49)39(29-12-15-37(51)32(21-29)27-11-14-36-28(20-27)16-18-48-36)40-42(54-3)33-23-38(56-41(33)35(25-50)43(40)57-44)46(2,53)30-17-19-47-31(22-30)13-10-26-8-6-5-7-9-26/h5-9,11,14,16,20,24,30-32,38,47,50,53H,4,10,12-13,15,17-19,21-23,25H2,1-3H3. The molecule has 0 spiro atoms. The van der Waals surface area contributed by atoms with Crippen LogP contribution in [0.4, 0.5) is 0 Å². The van der Waals surface area contributed by atoms with E-state index < -0.39 is 30.2 Å². The Kier molecular flexibility index (Phi) is 10.9. The van der Waals surface area contributed by atoms with E-state index in [-0.39, 0.29) is 59.8 Å². The first-order valence-electron chi connectivity index (χ1n) is 20.1. The number of ether oxygens (including phenoxy) is 4. The first-order chi connectivity index (χ1) is 27.7. The predicted octanol–water partition coefficient (Wildman–Crippen LogP) is 4.36. The number of aryl methyl sites for hydroxylation is 1. The number of carbonyl (C=O) groups is 3. The van der Waals surface area contributed by atoms with E-state index in [1.807, 2.05) is 37.3 Å². The lowest BCUT2D eigenvalue weighted by Crippen LogP contribution is -2.53. The smallest absolute Gasteiger partial charge is 0.375 e. The predicted molar refractivity (Wildman–Crippen MR) is 212 cm³/mol. The molecule has 3 N–H and O–H groups in total. The largest absolute Gasteiger partial charge is 0.496 e. The van der Waals surface area contributed by atoms with Crippen molar-refractivity contribution in [3.8, 4) is 17.2 Å². The van der Waals surface area contributed by atoms with Crippen molar-refractivity contribution in [2.45, 2.75) is 95.5 Å². The molecule has 0 aromatic heterocycles. The van der Waals surface area contributed by atoms with Crippen LogP contribution in [0.1, 0.15) is 86.1 Å². The lowest BCUT2D eigenvalue weighted by atomic mass is 9.74. The van der Waals surface area contributed by atoms with E-state index in [0.29, 0.717) is 53.9 Å². The summed E-state index contributed by atoms with van der Waals surface area (Å²) in [4.78, 5) is 44.8. The van der Waals surface area contributed by atoms with Gasteiger partial charge in [0.2, 0.25) is 5.76 Å². The van der Waals surface area contributed by atoms with Gasteiger partial charge < -0.3 is 34.5 Å². The van der Waals surface area contributed by atoms with Crippen LogP contribution in [0.3, 0.4) is 0 Å². The highest BCUT2D eigenvalue weighted by atomic mass is 16.6. The zero-order valence-electron chi connectivity index (χ0n) is 32.8. The van der Waals surface area contributed by atoms with Crippen LogP contribution in [0.15, 0.2) is 70.4 Å². The minimum Gasteiger partial charge on any atom is -0.496 e. The number of aliphatic hydroxyl groups excluding tert-OH is 1. The molecule has 0 bridgehead atoms. The summed E-state index contributed by atoms with van der Waals surface area (Å²) in [6.45, 7) is 4.38. The third kappa shape index (κ3) is 7.10. The number of ketones is 1. The maximum absolute atomic E-state index is 13.6. The van der Waals surface area contributed by atoms with Crippen LogP contribution in [-0.4, -0.2) is 72.8 Å². The lowest BCUT2D eigenvalue weighted by Gasteiger charge is -2.42. The fourth-order valence-corrected chi connectivity index (χ4v) is 9.54. The Labute approximate surface area is 332 Å². The number of rotatable bonds is 11. The molecule has 3 aromatic carbocycles. The number of carbonyl (C=O) groups excluding carboxylic acids is 3. The molecule has 1 saturated heterocycles. The molecule has 57 heavy (non-hydrogen) atoms. The molecule has 3 aromatic rings. The normalized spacial score (nSPS) is 24.8. The number of esters is 1. The second kappa shape index (κ2) is 16.0. The molecule has 1 saturated carbocycles. The van der Waals surface area contributed by atoms with Crippen LogP contribution in [-0.2, 0) is 38.6 Å². The Hall–Kier alpha value is -5.10. The van der Waals surface area contributed by atoms with E-state index >= 15 is 0 Å². The zero-order valence-corrected chi connectivity index (χ0v) is 32.8. The molecule has 0 amide bonds. The highest BCUT2D eigenvalue weighted by Crippen LogP contribution is 2.57. The Bertz CT molecular complexity index is 2290. The first-order valence-corrected chi connectivity index (χ1v) is 20.1. The molecular formula is C46H50N2O9. The van der Waals surface area contributed by atoms with Gasteiger partial charge in [-0.25, -0.2) is 4.79 Å². The fraction of sp³-hybridized carbons (Fsp3) is 0.435. The number of piperidine rings is 1. The number of Topliss-reactive ketones (excluding diaryl/α,β-unsaturated/α-hetero) is 1. The van der Waals surface area contributed by atoms with Gasteiger partial charge in [0, 0.05) is 35.9 Å². The fourth-order valence-electron chi connectivity index (χ4n) is 9.54. The number of hydrogen-bond donors (Lipinski definition) is 3. The van der Waals surface area contributed by atoms with Crippen molar-refractivity contribution < 1.29 is 43.5 Å². The molecule has 4 heterocycles. The number of aliphatic hydroxyl groups is 2. The minimum absolute atomic E-state index is 0.00834. The molecule has 8 rings (SSSR count). The zero-order chi connectivity index (χ0) is 39.8. The molecule has 1 aliphatic carbocycles. The molecule has 11 nitrogen and oxygen atoms in total. The molecule has 5 atom stereocenters. The van der Waals surface area contributed by atoms with E-state index in [2.05, 4.69) is 34.6 Å². The highest BCUT2D eigenvalue weighted by Gasteiger charge is 2.49. The topological polar surface area (TPSA) is 153 Å². The van der Waals surface area contributed by atoms with Crippen molar-refractivity contribution in [2.24, 2.45) is 10.9 Å². The molecule has 5 unspecified atom stereocenters.